The van der Waals surface area contributed by atoms with E-state index in [1.165, 1.54) is 20.3 Å². The molecule has 0 atom stereocenters. The van der Waals surface area contributed by atoms with Crippen LogP contribution in [0.4, 0.5) is 0 Å². The van der Waals surface area contributed by atoms with E-state index in [2.05, 4.69) is 0 Å². The van der Waals surface area contributed by atoms with Gasteiger partial charge in [0.05, 0.1) is 20.8 Å². The zero-order chi connectivity index (χ0) is 17.2. The van der Waals surface area contributed by atoms with Crippen LogP contribution in [0.3, 0.4) is 0 Å². The maximum atomic E-state index is 12.0. The molecule has 0 bridgehead atoms. The highest BCUT2D eigenvalue weighted by atomic mass is 16.6. The van der Waals surface area contributed by atoms with Crippen molar-refractivity contribution < 1.29 is 38.4 Å². The second-order valence-electron chi connectivity index (χ2n) is 4.33. The van der Waals surface area contributed by atoms with Crippen molar-refractivity contribution in [1.29, 1.82) is 0 Å². The van der Waals surface area contributed by atoms with Crippen LogP contribution in [-0.4, -0.2) is 50.4 Å². The van der Waals surface area contributed by atoms with Gasteiger partial charge in [-0.3, -0.25) is 4.79 Å². The molecule has 126 valence electrons. The third-order valence-corrected chi connectivity index (χ3v) is 2.74. The van der Waals surface area contributed by atoms with Crippen molar-refractivity contribution in [1.82, 2.24) is 0 Å². The molecular formula is C15H18O8. The number of carboxylic acids is 1. The molecule has 0 unspecified atom stereocenters. The molecule has 0 saturated heterocycles. The number of rotatable bonds is 9. The monoisotopic (exact) mass is 326 g/mol. The lowest BCUT2D eigenvalue weighted by molar-refractivity contribution is -0.148. The van der Waals surface area contributed by atoms with Gasteiger partial charge in [0.25, 0.3) is 0 Å². The van der Waals surface area contributed by atoms with E-state index in [1.807, 2.05) is 0 Å². The second kappa shape index (κ2) is 9.29. The number of carbonyl (C=O) groups is 3. The Bertz CT molecular complexity index is 567. The zero-order valence-corrected chi connectivity index (χ0v) is 12.9. The van der Waals surface area contributed by atoms with Gasteiger partial charge in [-0.25, -0.2) is 9.59 Å². The van der Waals surface area contributed by atoms with Gasteiger partial charge in [-0.1, -0.05) is 6.07 Å². The number of methoxy groups -OCH3 is 2. The number of aliphatic carboxylic acids is 1. The van der Waals surface area contributed by atoms with Crippen molar-refractivity contribution >= 4 is 17.9 Å². The standard InChI is InChI=1S/C15H18O8/c1-20-11-6-3-5-10(14(11)21-2)15(19)23-9-13(18)22-8-4-7-12(16)17/h3,5-6H,4,7-9H2,1-2H3,(H,16,17). The molecule has 0 spiro atoms. The average Bonchev–Trinajstić information content (AvgIpc) is 2.55. The number of para-hydroxylation sites is 1. The second-order valence-corrected chi connectivity index (χ2v) is 4.33. The fourth-order valence-corrected chi connectivity index (χ4v) is 1.70. The summed E-state index contributed by atoms with van der Waals surface area (Å²) < 4.78 is 19.8. The van der Waals surface area contributed by atoms with Crippen LogP contribution < -0.4 is 9.47 Å². The van der Waals surface area contributed by atoms with Crippen LogP contribution in [0.5, 0.6) is 11.5 Å². The predicted octanol–water partition coefficient (Wildman–Crippen LogP) is 1.27. The van der Waals surface area contributed by atoms with Crippen LogP contribution in [-0.2, 0) is 19.1 Å². The molecule has 1 N–H and O–H groups in total. The lowest BCUT2D eigenvalue weighted by Crippen LogP contribution is -2.18. The van der Waals surface area contributed by atoms with E-state index in [4.69, 9.17) is 24.1 Å². The highest BCUT2D eigenvalue weighted by Gasteiger charge is 2.19. The summed E-state index contributed by atoms with van der Waals surface area (Å²) >= 11 is 0. The van der Waals surface area contributed by atoms with Crippen LogP contribution in [0.2, 0.25) is 0 Å². The third kappa shape index (κ3) is 5.85. The number of carbonyl (C=O) groups excluding carboxylic acids is 2. The minimum atomic E-state index is -0.974. The molecule has 0 aliphatic heterocycles. The largest absolute Gasteiger partial charge is 0.493 e. The molecule has 0 aromatic heterocycles. The maximum absolute atomic E-state index is 12.0. The third-order valence-electron chi connectivity index (χ3n) is 2.74. The van der Waals surface area contributed by atoms with Gasteiger partial charge < -0.3 is 24.1 Å². The van der Waals surface area contributed by atoms with Crippen molar-refractivity contribution in [3.05, 3.63) is 23.8 Å². The maximum Gasteiger partial charge on any atom is 0.344 e. The first kappa shape index (κ1) is 18.3. The first-order valence-corrected chi connectivity index (χ1v) is 6.75. The molecule has 0 fully saturated rings. The van der Waals surface area contributed by atoms with Gasteiger partial charge in [-0.15, -0.1) is 0 Å². The molecule has 8 nitrogen and oxygen atoms in total. The fourth-order valence-electron chi connectivity index (χ4n) is 1.70. The van der Waals surface area contributed by atoms with Crippen molar-refractivity contribution in [3.8, 4) is 11.5 Å². The molecule has 23 heavy (non-hydrogen) atoms. The number of benzene rings is 1. The van der Waals surface area contributed by atoms with E-state index in [1.54, 1.807) is 12.1 Å². The Morgan fingerprint density at radius 1 is 1.09 bits per heavy atom. The Kier molecular flexibility index (Phi) is 7.38. The number of ether oxygens (including phenoxy) is 4. The quantitative estimate of drug-likeness (QED) is 0.534. The highest BCUT2D eigenvalue weighted by molar-refractivity contribution is 5.94. The topological polar surface area (TPSA) is 108 Å². The summed E-state index contributed by atoms with van der Waals surface area (Å²) in [6, 6.07) is 4.68. The molecule has 0 radical (unpaired) electrons. The summed E-state index contributed by atoms with van der Waals surface area (Å²) in [5.74, 6) is -1.93. The smallest absolute Gasteiger partial charge is 0.344 e. The number of esters is 2. The van der Waals surface area contributed by atoms with Crippen LogP contribution in [0.1, 0.15) is 23.2 Å². The van der Waals surface area contributed by atoms with E-state index in [9.17, 15) is 14.4 Å². The Hall–Kier alpha value is -2.77. The van der Waals surface area contributed by atoms with Crippen LogP contribution in [0, 0.1) is 0 Å². The molecular weight excluding hydrogens is 308 g/mol. The van der Waals surface area contributed by atoms with E-state index < -0.39 is 24.5 Å². The van der Waals surface area contributed by atoms with Gasteiger partial charge in [0.15, 0.2) is 18.1 Å². The van der Waals surface area contributed by atoms with Crippen LogP contribution in [0.15, 0.2) is 18.2 Å². The normalized spacial score (nSPS) is 9.83. The first-order chi connectivity index (χ1) is 11.0. The van der Waals surface area contributed by atoms with Crippen molar-refractivity contribution in [2.24, 2.45) is 0 Å². The van der Waals surface area contributed by atoms with Crippen LogP contribution in [0.25, 0.3) is 0 Å². The number of hydrogen-bond donors (Lipinski definition) is 1. The van der Waals surface area contributed by atoms with Crippen molar-refractivity contribution in [3.63, 3.8) is 0 Å². The summed E-state index contributed by atoms with van der Waals surface area (Å²) in [4.78, 5) is 33.7. The highest BCUT2D eigenvalue weighted by Crippen LogP contribution is 2.30. The van der Waals surface area contributed by atoms with Gasteiger partial charge in [0.2, 0.25) is 0 Å². The van der Waals surface area contributed by atoms with Gasteiger partial charge in [0, 0.05) is 6.42 Å². The first-order valence-electron chi connectivity index (χ1n) is 6.75. The summed E-state index contributed by atoms with van der Waals surface area (Å²) in [7, 11) is 2.81. The molecule has 0 heterocycles. The van der Waals surface area contributed by atoms with Crippen molar-refractivity contribution in [2.45, 2.75) is 12.8 Å². The van der Waals surface area contributed by atoms with Crippen LogP contribution >= 0.6 is 0 Å². The molecule has 1 aromatic rings. The zero-order valence-electron chi connectivity index (χ0n) is 12.9. The van der Waals surface area contributed by atoms with Gasteiger partial charge >= 0.3 is 17.9 Å². The summed E-state index contributed by atoms with van der Waals surface area (Å²) in [6.07, 6.45) is 0.0901. The van der Waals surface area contributed by atoms with E-state index in [0.717, 1.165) is 0 Å². The minimum absolute atomic E-state index is 0.0504. The average molecular weight is 326 g/mol. The summed E-state index contributed by atoms with van der Waals surface area (Å²) in [5.41, 5.74) is 0.116. The Morgan fingerprint density at radius 2 is 1.83 bits per heavy atom. The lowest BCUT2D eigenvalue weighted by Gasteiger charge is -2.11. The van der Waals surface area contributed by atoms with E-state index >= 15 is 0 Å². The van der Waals surface area contributed by atoms with Gasteiger partial charge in [0.1, 0.15) is 5.56 Å². The summed E-state index contributed by atoms with van der Waals surface area (Å²) in [6.45, 7) is -0.628. The molecule has 0 amide bonds. The molecule has 0 saturated carbocycles. The fraction of sp³-hybridized carbons (Fsp3) is 0.400. The lowest BCUT2D eigenvalue weighted by atomic mass is 10.2. The predicted molar refractivity (Wildman–Crippen MR) is 77.7 cm³/mol. The minimum Gasteiger partial charge on any atom is -0.493 e. The number of hydrogen-bond acceptors (Lipinski definition) is 7. The summed E-state index contributed by atoms with van der Waals surface area (Å²) in [5, 5.41) is 8.44. The Balaban J connectivity index is 2.51. The van der Waals surface area contributed by atoms with Gasteiger partial charge in [-0.05, 0) is 18.6 Å². The Morgan fingerprint density at radius 3 is 2.43 bits per heavy atom. The molecule has 8 heteroatoms. The van der Waals surface area contributed by atoms with Gasteiger partial charge in [-0.2, -0.15) is 0 Å². The SMILES string of the molecule is COc1cccc(C(=O)OCC(=O)OCCCC(=O)O)c1OC. The van der Waals surface area contributed by atoms with E-state index in [0.29, 0.717) is 5.75 Å². The molecule has 1 rings (SSSR count). The Labute approximate surface area is 132 Å². The number of carboxylic acid groups (broad SMARTS) is 1. The molecule has 0 aliphatic rings. The van der Waals surface area contributed by atoms with E-state index in [-0.39, 0.29) is 30.8 Å². The molecule has 1 aromatic carbocycles. The molecule has 0 aliphatic carbocycles. The van der Waals surface area contributed by atoms with Crippen molar-refractivity contribution in [2.75, 3.05) is 27.4 Å².